The summed E-state index contributed by atoms with van der Waals surface area (Å²) >= 11 is 0. The maximum atomic E-state index is 13.0. The summed E-state index contributed by atoms with van der Waals surface area (Å²) in [6.07, 6.45) is 0. The number of piperazine rings is 1. The van der Waals surface area contributed by atoms with E-state index in [-0.39, 0.29) is 4.90 Å². The Morgan fingerprint density at radius 2 is 1.72 bits per heavy atom. The summed E-state index contributed by atoms with van der Waals surface area (Å²) in [4.78, 5) is 6.71. The Balaban J connectivity index is 1.39. The topological polar surface area (TPSA) is 101 Å². The summed E-state index contributed by atoms with van der Waals surface area (Å²) in [5, 5.41) is 11.7. The van der Waals surface area contributed by atoms with Crippen molar-refractivity contribution >= 4 is 27.5 Å². The van der Waals surface area contributed by atoms with Gasteiger partial charge in [0.05, 0.1) is 12.0 Å². The molecule has 1 N–H and O–H groups in total. The van der Waals surface area contributed by atoms with E-state index >= 15 is 0 Å². The van der Waals surface area contributed by atoms with E-state index in [1.165, 1.54) is 4.31 Å². The van der Waals surface area contributed by atoms with E-state index in [0.29, 0.717) is 49.4 Å². The van der Waals surface area contributed by atoms with E-state index < -0.39 is 10.0 Å². The first kappa shape index (κ1) is 22.0. The van der Waals surface area contributed by atoms with Crippen LogP contribution >= 0.6 is 0 Å². The summed E-state index contributed by atoms with van der Waals surface area (Å²) in [5.41, 5.74) is 1.70. The van der Waals surface area contributed by atoms with Crippen molar-refractivity contribution in [3.63, 3.8) is 0 Å². The standard InChI is InChI=1S/C22H26N6O3S/c1-16-15-18(7-8-19(16)31-3)32(29,30)28-13-11-27(12-14-28)22-10-9-21(25-26-22)24-20-6-4-5-17(2)23-20/h4-10,15H,11-14H2,1-3H3,(H,23,24,25). The third-order valence-electron chi connectivity index (χ3n) is 5.36. The summed E-state index contributed by atoms with van der Waals surface area (Å²) in [7, 11) is -1.99. The Kier molecular flexibility index (Phi) is 6.24. The van der Waals surface area contributed by atoms with Gasteiger partial charge < -0.3 is 15.0 Å². The minimum absolute atomic E-state index is 0.282. The van der Waals surface area contributed by atoms with Gasteiger partial charge in [-0.1, -0.05) is 6.07 Å². The van der Waals surface area contributed by atoms with Crippen LogP contribution < -0.4 is 15.0 Å². The number of ether oxygens (including phenoxy) is 1. The molecular weight excluding hydrogens is 428 g/mol. The highest BCUT2D eigenvalue weighted by Crippen LogP contribution is 2.25. The number of aryl methyl sites for hydroxylation is 2. The molecule has 3 aromatic rings. The molecule has 2 aromatic heterocycles. The second-order valence-corrected chi connectivity index (χ2v) is 9.53. The molecule has 1 saturated heterocycles. The van der Waals surface area contributed by atoms with Gasteiger partial charge in [-0.15, -0.1) is 10.2 Å². The van der Waals surface area contributed by atoms with Crippen LogP contribution in [0.1, 0.15) is 11.3 Å². The summed E-state index contributed by atoms with van der Waals surface area (Å²) < 4.78 is 32.8. The third-order valence-corrected chi connectivity index (χ3v) is 7.26. The van der Waals surface area contributed by atoms with E-state index in [1.54, 1.807) is 25.3 Å². The zero-order valence-electron chi connectivity index (χ0n) is 18.3. The molecule has 0 amide bonds. The predicted octanol–water partition coefficient (Wildman–Crippen LogP) is 2.75. The largest absolute Gasteiger partial charge is 0.496 e. The molecule has 1 fully saturated rings. The van der Waals surface area contributed by atoms with Crippen LogP contribution in [-0.4, -0.2) is 61.2 Å². The first-order valence-corrected chi connectivity index (χ1v) is 11.7. The zero-order valence-corrected chi connectivity index (χ0v) is 19.1. The second-order valence-electron chi connectivity index (χ2n) is 7.59. The van der Waals surface area contributed by atoms with Gasteiger partial charge in [-0.2, -0.15) is 4.31 Å². The Hall–Kier alpha value is -3.24. The fraction of sp³-hybridized carbons (Fsp3) is 0.318. The number of rotatable bonds is 6. The maximum Gasteiger partial charge on any atom is 0.243 e. The number of methoxy groups -OCH3 is 1. The number of pyridine rings is 1. The molecule has 4 rings (SSSR count). The lowest BCUT2D eigenvalue weighted by atomic mass is 10.2. The average Bonchev–Trinajstić information content (AvgIpc) is 2.79. The summed E-state index contributed by atoms with van der Waals surface area (Å²) in [6.45, 7) is 5.59. The molecule has 0 bridgehead atoms. The van der Waals surface area contributed by atoms with E-state index in [1.807, 2.05) is 49.1 Å². The average molecular weight is 455 g/mol. The van der Waals surface area contributed by atoms with Crippen molar-refractivity contribution in [1.29, 1.82) is 0 Å². The number of hydrogen-bond donors (Lipinski definition) is 1. The lowest BCUT2D eigenvalue weighted by molar-refractivity contribution is 0.383. The molecule has 0 atom stereocenters. The Morgan fingerprint density at radius 3 is 2.34 bits per heavy atom. The normalized spacial score (nSPS) is 14.9. The molecular formula is C22H26N6O3S. The SMILES string of the molecule is COc1ccc(S(=O)(=O)N2CCN(c3ccc(Nc4cccc(C)n4)nn3)CC2)cc1C. The molecule has 1 aliphatic rings. The Labute approximate surface area is 188 Å². The van der Waals surface area contributed by atoms with Crippen LogP contribution in [0.5, 0.6) is 5.75 Å². The van der Waals surface area contributed by atoms with Crippen LogP contribution in [0.4, 0.5) is 17.5 Å². The van der Waals surface area contributed by atoms with Gasteiger partial charge in [-0.25, -0.2) is 13.4 Å². The van der Waals surface area contributed by atoms with Gasteiger partial charge in [0, 0.05) is 31.9 Å². The minimum Gasteiger partial charge on any atom is -0.496 e. The molecule has 1 aliphatic heterocycles. The van der Waals surface area contributed by atoms with Gasteiger partial charge in [0.1, 0.15) is 11.6 Å². The maximum absolute atomic E-state index is 13.0. The van der Waals surface area contributed by atoms with Gasteiger partial charge in [-0.3, -0.25) is 0 Å². The van der Waals surface area contributed by atoms with Gasteiger partial charge in [0.15, 0.2) is 11.6 Å². The van der Waals surface area contributed by atoms with Gasteiger partial charge >= 0.3 is 0 Å². The molecule has 0 saturated carbocycles. The Bertz CT molecular complexity index is 1190. The minimum atomic E-state index is -3.56. The van der Waals surface area contributed by atoms with Gasteiger partial charge in [-0.05, 0) is 61.9 Å². The monoisotopic (exact) mass is 454 g/mol. The van der Waals surface area contributed by atoms with Crippen molar-refractivity contribution in [3.8, 4) is 5.75 Å². The first-order chi connectivity index (χ1) is 15.4. The van der Waals surface area contributed by atoms with Gasteiger partial charge in [0.25, 0.3) is 0 Å². The van der Waals surface area contributed by atoms with Crippen molar-refractivity contribution in [1.82, 2.24) is 19.5 Å². The van der Waals surface area contributed by atoms with Crippen LogP contribution in [0, 0.1) is 13.8 Å². The molecule has 1 aromatic carbocycles. The molecule has 0 unspecified atom stereocenters. The highest BCUT2D eigenvalue weighted by atomic mass is 32.2. The number of nitrogens with one attached hydrogen (secondary N) is 1. The molecule has 0 aliphatic carbocycles. The van der Waals surface area contributed by atoms with Crippen molar-refractivity contribution in [2.45, 2.75) is 18.7 Å². The summed E-state index contributed by atoms with van der Waals surface area (Å²) in [5.74, 6) is 2.69. The van der Waals surface area contributed by atoms with Crippen molar-refractivity contribution in [3.05, 3.63) is 59.8 Å². The van der Waals surface area contributed by atoms with E-state index in [2.05, 4.69) is 20.5 Å². The smallest absolute Gasteiger partial charge is 0.243 e. The van der Waals surface area contributed by atoms with Crippen LogP contribution in [0.25, 0.3) is 0 Å². The fourth-order valence-electron chi connectivity index (χ4n) is 3.62. The first-order valence-electron chi connectivity index (χ1n) is 10.3. The molecule has 9 nitrogen and oxygen atoms in total. The number of sulfonamides is 1. The number of anilines is 3. The van der Waals surface area contributed by atoms with E-state index in [4.69, 9.17) is 4.74 Å². The Morgan fingerprint density at radius 1 is 0.938 bits per heavy atom. The molecule has 10 heteroatoms. The van der Waals surface area contributed by atoms with Crippen LogP contribution in [0.3, 0.4) is 0 Å². The number of nitrogens with zero attached hydrogens (tertiary/aromatic N) is 5. The fourth-order valence-corrected chi connectivity index (χ4v) is 5.13. The number of hydrogen-bond acceptors (Lipinski definition) is 8. The van der Waals surface area contributed by atoms with Crippen LogP contribution in [-0.2, 0) is 10.0 Å². The quantitative estimate of drug-likeness (QED) is 0.607. The zero-order chi connectivity index (χ0) is 22.7. The third kappa shape index (κ3) is 4.66. The number of aromatic nitrogens is 3. The lowest BCUT2D eigenvalue weighted by Crippen LogP contribution is -2.49. The second kappa shape index (κ2) is 9.09. The van der Waals surface area contributed by atoms with Crippen molar-refractivity contribution in [2.24, 2.45) is 0 Å². The van der Waals surface area contributed by atoms with Crippen LogP contribution in [0.2, 0.25) is 0 Å². The van der Waals surface area contributed by atoms with Crippen molar-refractivity contribution in [2.75, 3.05) is 43.5 Å². The molecule has 0 radical (unpaired) electrons. The summed E-state index contributed by atoms with van der Waals surface area (Å²) in [6, 6.07) is 14.4. The molecule has 0 spiro atoms. The molecule has 168 valence electrons. The van der Waals surface area contributed by atoms with Crippen molar-refractivity contribution < 1.29 is 13.2 Å². The van der Waals surface area contributed by atoms with Crippen LogP contribution in [0.15, 0.2) is 53.4 Å². The molecule has 32 heavy (non-hydrogen) atoms. The lowest BCUT2D eigenvalue weighted by Gasteiger charge is -2.34. The molecule has 3 heterocycles. The predicted molar refractivity (Wildman–Crippen MR) is 123 cm³/mol. The van der Waals surface area contributed by atoms with Gasteiger partial charge in [0.2, 0.25) is 10.0 Å². The number of benzene rings is 1. The highest BCUT2D eigenvalue weighted by Gasteiger charge is 2.29. The van der Waals surface area contributed by atoms with E-state index in [0.717, 1.165) is 11.3 Å². The highest BCUT2D eigenvalue weighted by molar-refractivity contribution is 7.89. The van der Waals surface area contributed by atoms with E-state index in [9.17, 15) is 8.42 Å².